The third-order valence-corrected chi connectivity index (χ3v) is 12.5. The second-order valence-corrected chi connectivity index (χ2v) is 19.4. The first-order valence-corrected chi connectivity index (χ1v) is 26.9. The zero-order valence-electron chi connectivity index (χ0n) is 38.3. The number of hydrogen-bond donors (Lipinski definition) is 7. The summed E-state index contributed by atoms with van der Waals surface area (Å²) in [5.41, 5.74) is 0. The number of carbonyl (C=O) groups excluding carboxylic acids is 2. The molecule has 1 saturated carbocycles. The Bertz CT molecular complexity index is 1330. The lowest BCUT2D eigenvalue weighted by molar-refractivity contribution is -0.216. The molecule has 1 aliphatic carbocycles. The van der Waals surface area contributed by atoms with E-state index in [2.05, 4.69) is 42.7 Å². The fourth-order valence-electron chi connectivity index (χ4n) is 7.29. The summed E-state index contributed by atoms with van der Waals surface area (Å²) < 4.78 is 49.4. The van der Waals surface area contributed by atoms with Crippen LogP contribution in [-0.2, 0) is 41.8 Å². The highest BCUT2D eigenvalue weighted by atomic mass is 31.2. The molecule has 0 saturated heterocycles. The van der Waals surface area contributed by atoms with Crippen molar-refractivity contribution in [2.75, 3.05) is 13.2 Å². The van der Waals surface area contributed by atoms with Crippen LogP contribution >= 0.6 is 15.6 Å². The fraction of sp³-hybridized carbons (Fsp3) is 0.867. The second kappa shape index (κ2) is 36.6. The first-order valence-electron chi connectivity index (χ1n) is 23.9. The Balaban J connectivity index is 2.58. The van der Waals surface area contributed by atoms with E-state index in [9.17, 15) is 44.0 Å². The second-order valence-electron chi connectivity index (χ2n) is 16.8. The molecule has 0 aromatic heterocycles. The third kappa shape index (κ3) is 31.2. The van der Waals surface area contributed by atoms with E-state index in [0.717, 1.165) is 83.5 Å². The quantitative estimate of drug-likeness (QED) is 0.0131. The standard InChI is InChI=1S/C45H84O16P2/c1-3-5-7-9-11-13-15-17-18-19-20-22-23-25-27-29-31-33-38(46)57-35-37(59-39(47)34-32-30-28-26-24-21-16-14-12-10-8-6-4-2)36-58-63(55,56)61-45-42(50)40(48)41(49)44(43(45)51)60-62(52,53)54/h11,13,17-18,37,40-45,48-51H,3-10,12,14-16,19-36H2,1-2H3,(H,55,56)(H2,52,53,54)/b13-11-,18-17-/t37-,40?,41?,42?,43?,44-,45+/m1/s1. The van der Waals surface area contributed by atoms with Crippen LogP contribution in [-0.4, -0.2) is 103 Å². The smallest absolute Gasteiger partial charge is 0.462 e. The molecule has 0 aliphatic heterocycles. The van der Waals surface area contributed by atoms with Crippen molar-refractivity contribution in [1.82, 2.24) is 0 Å². The van der Waals surface area contributed by atoms with E-state index in [1.807, 2.05) is 0 Å². The summed E-state index contributed by atoms with van der Waals surface area (Å²) in [5, 5.41) is 41.2. The summed E-state index contributed by atoms with van der Waals surface area (Å²) in [6, 6.07) is 0. The van der Waals surface area contributed by atoms with E-state index >= 15 is 0 Å². The SMILES string of the molecule is CCCCC/C=C\C/C=C\CCCCCCCCCC(=O)OC[C@H](COP(=O)(O)O[C@H]1C(O)C(O)C(O)[C@@H](OP(=O)(O)O)C1O)OC(=O)CCCCCCCCCCCCCCC. The molecule has 0 amide bonds. The number of phosphoric acid groups is 2. The number of ether oxygens (including phenoxy) is 2. The molecule has 0 radical (unpaired) electrons. The number of aliphatic hydroxyl groups is 4. The fourth-order valence-corrected chi connectivity index (χ4v) is 8.83. The number of allylic oxidation sites excluding steroid dienone is 4. The molecule has 0 spiro atoms. The largest absolute Gasteiger partial charge is 0.472 e. The first-order chi connectivity index (χ1) is 30.1. The monoisotopic (exact) mass is 943 g/mol. The van der Waals surface area contributed by atoms with Crippen molar-refractivity contribution in [1.29, 1.82) is 0 Å². The van der Waals surface area contributed by atoms with Gasteiger partial charge in [0.05, 0.1) is 6.61 Å². The number of phosphoric ester groups is 2. The Morgan fingerprint density at radius 2 is 0.921 bits per heavy atom. The highest BCUT2D eigenvalue weighted by Gasteiger charge is 2.54. The van der Waals surface area contributed by atoms with E-state index in [1.54, 1.807) is 0 Å². The predicted octanol–water partition coefficient (Wildman–Crippen LogP) is 8.95. The minimum atomic E-state index is -5.36. The van der Waals surface area contributed by atoms with Gasteiger partial charge in [-0.05, 0) is 44.9 Å². The summed E-state index contributed by atoms with van der Waals surface area (Å²) in [7, 11) is -10.7. The zero-order valence-corrected chi connectivity index (χ0v) is 40.1. The maximum atomic E-state index is 13.0. The summed E-state index contributed by atoms with van der Waals surface area (Å²) in [6.07, 6.45) is 22.8. The highest BCUT2D eigenvalue weighted by Crippen LogP contribution is 2.49. The van der Waals surface area contributed by atoms with Crippen LogP contribution in [0.5, 0.6) is 0 Å². The Morgan fingerprint density at radius 1 is 0.508 bits per heavy atom. The lowest BCUT2D eigenvalue weighted by Gasteiger charge is -2.43. The number of aliphatic hydroxyl groups excluding tert-OH is 4. The van der Waals surface area contributed by atoms with Gasteiger partial charge in [0.15, 0.2) is 6.10 Å². The van der Waals surface area contributed by atoms with Gasteiger partial charge in [0.25, 0.3) is 0 Å². The topological polar surface area (TPSA) is 256 Å². The van der Waals surface area contributed by atoms with Crippen LogP contribution in [0.4, 0.5) is 0 Å². The van der Waals surface area contributed by atoms with Crippen molar-refractivity contribution >= 4 is 27.6 Å². The van der Waals surface area contributed by atoms with Crippen LogP contribution in [0.2, 0.25) is 0 Å². The summed E-state index contributed by atoms with van der Waals surface area (Å²) in [4.78, 5) is 54.2. The number of unbranched alkanes of at least 4 members (excludes halogenated alkanes) is 22. The molecule has 0 heterocycles. The molecule has 0 bridgehead atoms. The minimum Gasteiger partial charge on any atom is -0.462 e. The van der Waals surface area contributed by atoms with E-state index in [1.165, 1.54) is 70.6 Å². The van der Waals surface area contributed by atoms with Crippen molar-refractivity contribution in [3.8, 4) is 0 Å². The van der Waals surface area contributed by atoms with Gasteiger partial charge >= 0.3 is 27.6 Å². The van der Waals surface area contributed by atoms with Crippen LogP contribution in [0.1, 0.15) is 194 Å². The van der Waals surface area contributed by atoms with Crippen molar-refractivity contribution in [3.05, 3.63) is 24.3 Å². The molecule has 1 fully saturated rings. The Labute approximate surface area is 377 Å². The van der Waals surface area contributed by atoms with E-state index in [4.69, 9.17) is 28.3 Å². The van der Waals surface area contributed by atoms with E-state index in [-0.39, 0.29) is 12.8 Å². The lowest BCUT2D eigenvalue weighted by atomic mass is 9.85. The molecule has 370 valence electrons. The molecule has 0 aromatic carbocycles. The first kappa shape index (κ1) is 59.5. The molecular weight excluding hydrogens is 858 g/mol. The van der Waals surface area contributed by atoms with Gasteiger partial charge < -0.3 is 44.6 Å². The Morgan fingerprint density at radius 3 is 1.41 bits per heavy atom. The van der Waals surface area contributed by atoms with Gasteiger partial charge in [0.1, 0.15) is 43.2 Å². The van der Waals surface area contributed by atoms with Gasteiger partial charge in [0, 0.05) is 12.8 Å². The lowest BCUT2D eigenvalue weighted by Crippen LogP contribution is -2.64. The van der Waals surface area contributed by atoms with Crippen molar-refractivity contribution in [2.24, 2.45) is 0 Å². The van der Waals surface area contributed by atoms with Gasteiger partial charge in [-0.1, -0.05) is 160 Å². The van der Waals surface area contributed by atoms with Crippen LogP contribution in [0.25, 0.3) is 0 Å². The molecule has 16 nitrogen and oxygen atoms in total. The summed E-state index contributed by atoms with van der Waals surface area (Å²) in [5.74, 6) is -1.21. The van der Waals surface area contributed by atoms with Crippen molar-refractivity contribution in [3.63, 3.8) is 0 Å². The maximum absolute atomic E-state index is 13.0. The highest BCUT2D eigenvalue weighted by molar-refractivity contribution is 7.47. The van der Waals surface area contributed by atoms with Crippen LogP contribution in [0, 0.1) is 0 Å². The van der Waals surface area contributed by atoms with E-state index in [0.29, 0.717) is 12.8 Å². The Hall–Kier alpha value is -1.52. The van der Waals surface area contributed by atoms with Crippen LogP contribution in [0.15, 0.2) is 24.3 Å². The maximum Gasteiger partial charge on any atom is 0.472 e. The molecule has 0 aromatic rings. The van der Waals surface area contributed by atoms with E-state index < -0.39 is 83.5 Å². The molecule has 7 N–H and O–H groups in total. The number of carbonyl (C=O) groups is 2. The molecule has 5 unspecified atom stereocenters. The van der Waals surface area contributed by atoms with Crippen LogP contribution in [0.3, 0.4) is 0 Å². The number of rotatable bonds is 40. The average molecular weight is 943 g/mol. The molecule has 1 rings (SSSR count). The van der Waals surface area contributed by atoms with Gasteiger partial charge in [-0.25, -0.2) is 9.13 Å². The Kier molecular flexibility index (Phi) is 34.5. The molecule has 63 heavy (non-hydrogen) atoms. The van der Waals surface area contributed by atoms with Crippen molar-refractivity contribution in [2.45, 2.75) is 236 Å². The normalized spacial score (nSPS) is 22.1. The predicted molar refractivity (Wildman–Crippen MR) is 241 cm³/mol. The molecule has 8 atom stereocenters. The van der Waals surface area contributed by atoms with Crippen LogP contribution < -0.4 is 0 Å². The van der Waals surface area contributed by atoms with Crippen molar-refractivity contribution < 1.29 is 76.9 Å². The number of hydrogen-bond acceptors (Lipinski definition) is 13. The zero-order chi connectivity index (χ0) is 46.8. The molecular formula is C45H84O16P2. The molecule has 18 heteroatoms. The average Bonchev–Trinajstić information content (AvgIpc) is 3.23. The van der Waals surface area contributed by atoms with Gasteiger partial charge in [-0.15, -0.1) is 0 Å². The van der Waals surface area contributed by atoms with Gasteiger partial charge in [0.2, 0.25) is 0 Å². The third-order valence-electron chi connectivity index (χ3n) is 11.0. The van der Waals surface area contributed by atoms with Gasteiger partial charge in [-0.2, -0.15) is 0 Å². The molecule has 1 aliphatic rings. The summed E-state index contributed by atoms with van der Waals surface area (Å²) >= 11 is 0. The number of esters is 2. The summed E-state index contributed by atoms with van der Waals surface area (Å²) in [6.45, 7) is 3.08. The van der Waals surface area contributed by atoms with Gasteiger partial charge in [-0.3, -0.25) is 23.2 Å². The minimum absolute atomic E-state index is 0.0463.